The van der Waals surface area contributed by atoms with Gasteiger partial charge in [0.25, 0.3) is 0 Å². The Labute approximate surface area is 181 Å². The van der Waals surface area contributed by atoms with E-state index in [-0.39, 0.29) is 5.92 Å². The fourth-order valence-corrected chi connectivity index (χ4v) is 4.53. The molecule has 1 unspecified atom stereocenters. The van der Waals surface area contributed by atoms with Gasteiger partial charge in [0.1, 0.15) is 5.82 Å². The summed E-state index contributed by atoms with van der Waals surface area (Å²) in [6, 6.07) is 18.7. The van der Waals surface area contributed by atoms with Crippen LogP contribution in [0.5, 0.6) is 0 Å². The Balaban J connectivity index is 1.62. The van der Waals surface area contributed by atoms with Gasteiger partial charge in [-0.3, -0.25) is 4.57 Å². The number of para-hydroxylation sites is 1. The molecular weight excluding hydrogens is 380 g/mol. The van der Waals surface area contributed by atoms with E-state index in [0.29, 0.717) is 5.95 Å². The molecule has 4 nitrogen and oxygen atoms in total. The van der Waals surface area contributed by atoms with Crippen LogP contribution in [0, 0.1) is 0 Å². The van der Waals surface area contributed by atoms with E-state index in [9.17, 15) is 0 Å². The topological polar surface area (TPSA) is 43.6 Å². The molecule has 6 rings (SSSR count). The van der Waals surface area contributed by atoms with Gasteiger partial charge in [-0.1, -0.05) is 85.0 Å². The third-order valence-electron chi connectivity index (χ3n) is 6.03. The molecule has 0 N–H and O–H groups in total. The van der Waals surface area contributed by atoms with E-state index in [1.54, 1.807) is 0 Å². The first kappa shape index (κ1) is 18.0. The summed E-state index contributed by atoms with van der Waals surface area (Å²) < 4.78 is 2.24. The third kappa shape index (κ3) is 3.12. The minimum absolute atomic E-state index is 0.159. The largest absolute Gasteiger partial charge is 0.282 e. The number of fused-ring (bicyclic) bond motifs is 3. The molecular formula is C27H22N4. The van der Waals surface area contributed by atoms with Gasteiger partial charge in [-0.05, 0) is 25.3 Å². The van der Waals surface area contributed by atoms with Crippen molar-refractivity contribution in [2.45, 2.75) is 25.2 Å². The molecule has 1 atom stereocenters. The quantitative estimate of drug-likeness (QED) is 0.419. The highest BCUT2D eigenvalue weighted by Gasteiger charge is 2.22. The standard InChI is InChI=1S/C27H22N4/c1-3-11-19(12-4-1)25-28-26(20-13-5-2-6-14-20)30-27(29-25)31-23-17-9-7-15-21(23)22-16-8-10-18-24(22)31/h1-9,11-13,15-17,20H,10,14,18H2. The molecule has 0 aliphatic heterocycles. The Morgan fingerprint density at radius 1 is 0.839 bits per heavy atom. The summed E-state index contributed by atoms with van der Waals surface area (Å²) in [5.41, 5.74) is 4.71. The van der Waals surface area contributed by atoms with Gasteiger partial charge in [0.2, 0.25) is 5.95 Å². The first-order valence-electron chi connectivity index (χ1n) is 10.8. The van der Waals surface area contributed by atoms with Gasteiger partial charge in [-0.25, -0.2) is 4.98 Å². The van der Waals surface area contributed by atoms with E-state index in [4.69, 9.17) is 15.0 Å². The molecule has 0 radical (unpaired) electrons. The normalized spacial score (nSPS) is 17.2. The van der Waals surface area contributed by atoms with Crippen molar-refractivity contribution in [3.63, 3.8) is 0 Å². The van der Waals surface area contributed by atoms with Crippen LogP contribution in [-0.4, -0.2) is 19.5 Å². The van der Waals surface area contributed by atoms with Gasteiger partial charge < -0.3 is 0 Å². The minimum atomic E-state index is 0.159. The number of nitrogens with zero attached hydrogens (tertiary/aromatic N) is 4. The van der Waals surface area contributed by atoms with Crippen LogP contribution in [0.1, 0.15) is 35.8 Å². The summed E-state index contributed by atoms with van der Waals surface area (Å²) in [5.74, 6) is 2.41. The van der Waals surface area contributed by atoms with Crippen molar-refractivity contribution in [2.75, 3.05) is 0 Å². The lowest BCUT2D eigenvalue weighted by molar-refractivity contribution is 0.738. The third-order valence-corrected chi connectivity index (χ3v) is 6.03. The molecule has 4 heteroatoms. The number of allylic oxidation sites excluding steroid dienone is 5. The van der Waals surface area contributed by atoms with Crippen LogP contribution in [-0.2, 0) is 6.42 Å². The fourth-order valence-electron chi connectivity index (χ4n) is 4.53. The van der Waals surface area contributed by atoms with E-state index in [0.717, 1.165) is 42.0 Å². The van der Waals surface area contributed by atoms with Crippen LogP contribution >= 0.6 is 0 Å². The first-order valence-corrected chi connectivity index (χ1v) is 10.8. The van der Waals surface area contributed by atoms with Gasteiger partial charge in [0, 0.05) is 28.1 Å². The summed E-state index contributed by atoms with van der Waals surface area (Å²) in [7, 11) is 0. The number of hydrogen-bond acceptors (Lipinski definition) is 3. The van der Waals surface area contributed by atoms with E-state index in [1.165, 1.54) is 16.6 Å². The highest BCUT2D eigenvalue weighted by atomic mass is 15.2. The summed E-state index contributed by atoms with van der Waals surface area (Å²) in [6.45, 7) is 0. The van der Waals surface area contributed by atoms with Gasteiger partial charge >= 0.3 is 0 Å². The fraction of sp³-hybridized carbons (Fsp3) is 0.148. The molecule has 2 aliphatic rings. The van der Waals surface area contributed by atoms with Gasteiger partial charge in [0.15, 0.2) is 5.82 Å². The molecule has 2 aromatic heterocycles. The van der Waals surface area contributed by atoms with Crippen molar-refractivity contribution in [1.29, 1.82) is 0 Å². The summed E-state index contributed by atoms with van der Waals surface area (Å²) in [6.07, 6.45) is 15.9. The molecule has 0 saturated carbocycles. The minimum Gasteiger partial charge on any atom is -0.282 e. The van der Waals surface area contributed by atoms with E-state index in [2.05, 4.69) is 77.4 Å². The van der Waals surface area contributed by atoms with E-state index < -0.39 is 0 Å². The molecule has 2 aromatic carbocycles. The Bertz CT molecular complexity index is 1360. The first-order chi connectivity index (χ1) is 15.4. The molecule has 0 amide bonds. The average Bonchev–Trinajstić information content (AvgIpc) is 3.19. The molecule has 150 valence electrons. The predicted molar refractivity (Wildman–Crippen MR) is 125 cm³/mol. The lowest BCUT2D eigenvalue weighted by Crippen LogP contribution is -2.13. The van der Waals surface area contributed by atoms with Gasteiger partial charge in [-0.15, -0.1) is 0 Å². The van der Waals surface area contributed by atoms with Crippen molar-refractivity contribution in [3.8, 4) is 17.3 Å². The number of benzene rings is 2. The van der Waals surface area contributed by atoms with Crippen molar-refractivity contribution in [3.05, 3.63) is 102 Å². The summed E-state index contributed by atoms with van der Waals surface area (Å²) >= 11 is 0. The van der Waals surface area contributed by atoms with Crippen molar-refractivity contribution in [2.24, 2.45) is 0 Å². The van der Waals surface area contributed by atoms with E-state index in [1.807, 2.05) is 18.2 Å². The molecule has 4 aromatic rings. The number of aromatic nitrogens is 4. The second-order valence-corrected chi connectivity index (χ2v) is 7.99. The Morgan fingerprint density at radius 2 is 1.71 bits per heavy atom. The Kier molecular flexibility index (Phi) is 4.34. The van der Waals surface area contributed by atoms with Crippen LogP contribution in [0.3, 0.4) is 0 Å². The van der Waals surface area contributed by atoms with Gasteiger partial charge in [-0.2, -0.15) is 9.97 Å². The van der Waals surface area contributed by atoms with Crippen LogP contribution in [0.4, 0.5) is 0 Å². The van der Waals surface area contributed by atoms with Crippen molar-refractivity contribution in [1.82, 2.24) is 19.5 Å². The van der Waals surface area contributed by atoms with Gasteiger partial charge in [0.05, 0.1) is 5.52 Å². The zero-order chi connectivity index (χ0) is 20.6. The predicted octanol–water partition coefficient (Wildman–Crippen LogP) is 6.04. The number of hydrogen-bond donors (Lipinski definition) is 0. The Morgan fingerprint density at radius 3 is 2.58 bits per heavy atom. The Hall–Kier alpha value is -3.79. The SMILES string of the molecule is C1=CCC(c2nc(-c3ccccc3)nc(-n3c4c(c5ccccc53)C=CCC4)n2)C=C1. The van der Waals surface area contributed by atoms with Crippen molar-refractivity contribution >= 4 is 17.0 Å². The maximum absolute atomic E-state index is 5.01. The molecule has 0 fully saturated rings. The molecule has 2 heterocycles. The van der Waals surface area contributed by atoms with Crippen LogP contribution in [0.2, 0.25) is 0 Å². The maximum atomic E-state index is 5.01. The molecule has 0 bridgehead atoms. The molecule has 31 heavy (non-hydrogen) atoms. The van der Waals surface area contributed by atoms with E-state index >= 15 is 0 Å². The van der Waals surface area contributed by atoms with Crippen LogP contribution < -0.4 is 0 Å². The van der Waals surface area contributed by atoms with Crippen LogP contribution in [0.15, 0.2) is 85.0 Å². The molecule has 0 spiro atoms. The highest BCUT2D eigenvalue weighted by Crippen LogP contribution is 2.34. The zero-order valence-corrected chi connectivity index (χ0v) is 17.1. The van der Waals surface area contributed by atoms with Crippen LogP contribution in [0.25, 0.3) is 34.3 Å². The highest BCUT2D eigenvalue weighted by molar-refractivity contribution is 5.93. The zero-order valence-electron chi connectivity index (χ0n) is 17.1. The average molecular weight is 403 g/mol. The van der Waals surface area contributed by atoms with Crippen molar-refractivity contribution < 1.29 is 0 Å². The maximum Gasteiger partial charge on any atom is 0.238 e. The summed E-state index contributed by atoms with van der Waals surface area (Å²) in [5, 5.41) is 1.25. The molecule has 2 aliphatic carbocycles. The lowest BCUT2D eigenvalue weighted by atomic mass is 10.00. The smallest absolute Gasteiger partial charge is 0.238 e. The monoisotopic (exact) mass is 402 g/mol. The summed E-state index contributed by atoms with van der Waals surface area (Å²) in [4.78, 5) is 14.9. The second-order valence-electron chi connectivity index (χ2n) is 7.99. The lowest BCUT2D eigenvalue weighted by Gasteiger charge is -2.16. The number of rotatable bonds is 3. The second kappa shape index (κ2) is 7.47. The molecule has 0 saturated heterocycles.